The van der Waals surface area contributed by atoms with E-state index in [4.69, 9.17) is 4.74 Å². The van der Waals surface area contributed by atoms with Gasteiger partial charge >= 0.3 is 5.97 Å². The van der Waals surface area contributed by atoms with Crippen LogP contribution in [0.3, 0.4) is 0 Å². The summed E-state index contributed by atoms with van der Waals surface area (Å²) in [5.41, 5.74) is 1.85. The van der Waals surface area contributed by atoms with Crippen LogP contribution in [-0.4, -0.2) is 37.2 Å². The second-order valence-corrected chi connectivity index (χ2v) is 10.1. The summed E-state index contributed by atoms with van der Waals surface area (Å²) in [6.45, 7) is 3.91. The summed E-state index contributed by atoms with van der Waals surface area (Å²) in [4.78, 5) is 29.3. The van der Waals surface area contributed by atoms with E-state index in [0.717, 1.165) is 15.8 Å². The molecular weight excluding hydrogens is 436 g/mol. The van der Waals surface area contributed by atoms with Crippen molar-refractivity contribution in [2.24, 2.45) is 4.99 Å². The number of esters is 1. The Kier molecular flexibility index (Phi) is 7.40. The smallest absolute Gasteiger partial charge is 0.326 e. The summed E-state index contributed by atoms with van der Waals surface area (Å²) in [6.07, 6.45) is 0.167. The molecule has 0 aliphatic heterocycles. The fourth-order valence-electron chi connectivity index (χ4n) is 3.08. The number of sulfone groups is 1. The van der Waals surface area contributed by atoms with Gasteiger partial charge in [-0.25, -0.2) is 8.42 Å². The van der Waals surface area contributed by atoms with Gasteiger partial charge in [0.15, 0.2) is 14.6 Å². The third-order valence-electron chi connectivity index (χ3n) is 4.56. The average molecular weight is 461 g/mol. The van der Waals surface area contributed by atoms with Crippen molar-refractivity contribution in [2.75, 3.05) is 12.4 Å². The Bertz CT molecular complexity index is 1260. The Morgan fingerprint density at radius 2 is 1.87 bits per heavy atom. The van der Waals surface area contributed by atoms with Crippen molar-refractivity contribution in [3.8, 4) is 0 Å². The lowest BCUT2D eigenvalue weighted by atomic mass is 10.2. The summed E-state index contributed by atoms with van der Waals surface area (Å²) >= 11 is 1.31. The Balaban J connectivity index is 1.79. The van der Waals surface area contributed by atoms with Gasteiger partial charge in [-0.15, -0.1) is 0 Å². The number of aryl methyl sites for hydroxylation is 1. The van der Waals surface area contributed by atoms with Crippen LogP contribution in [0.25, 0.3) is 10.2 Å². The molecule has 9 heteroatoms. The van der Waals surface area contributed by atoms with Gasteiger partial charge in [0.1, 0.15) is 6.54 Å². The van der Waals surface area contributed by atoms with Crippen molar-refractivity contribution in [3.05, 3.63) is 58.9 Å². The quantitative estimate of drug-likeness (QED) is 0.481. The number of hydrogen-bond acceptors (Lipinski definition) is 6. The van der Waals surface area contributed by atoms with Crippen LogP contribution in [0.5, 0.6) is 0 Å². The van der Waals surface area contributed by atoms with Gasteiger partial charge in [0.25, 0.3) is 0 Å². The zero-order valence-electron chi connectivity index (χ0n) is 17.4. The predicted molar refractivity (Wildman–Crippen MR) is 119 cm³/mol. The number of carbonyl (C=O) groups is 2. The van der Waals surface area contributed by atoms with E-state index in [1.165, 1.54) is 11.3 Å². The van der Waals surface area contributed by atoms with Gasteiger partial charge in [0, 0.05) is 6.42 Å². The first-order valence-electron chi connectivity index (χ1n) is 9.91. The Labute approximate surface area is 184 Å². The second-order valence-electron chi connectivity index (χ2n) is 6.99. The molecule has 0 aliphatic rings. The molecule has 0 radical (unpaired) electrons. The van der Waals surface area contributed by atoms with Crippen molar-refractivity contribution < 1.29 is 22.7 Å². The fourth-order valence-corrected chi connectivity index (χ4v) is 5.55. The molecular formula is C22H24N2O5S2. The van der Waals surface area contributed by atoms with E-state index in [2.05, 4.69) is 4.99 Å². The van der Waals surface area contributed by atoms with Crippen LogP contribution in [0.2, 0.25) is 0 Å². The number of carbonyl (C=O) groups excluding carboxylic acids is 2. The molecule has 0 bridgehead atoms. The van der Waals surface area contributed by atoms with Gasteiger partial charge in [0.2, 0.25) is 5.91 Å². The molecule has 2 aromatic carbocycles. The van der Waals surface area contributed by atoms with Crippen LogP contribution in [0, 0.1) is 6.92 Å². The van der Waals surface area contributed by atoms with E-state index in [1.54, 1.807) is 41.8 Å². The molecule has 31 heavy (non-hydrogen) atoms. The summed E-state index contributed by atoms with van der Waals surface area (Å²) in [5, 5.41) is 0. The van der Waals surface area contributed by atoms with Gasteiger partial charge in [-0.2, -0.15) is 4.99 Å². The van der Waals surface area contributed by atoms with E-state index in [-0.39, 0.29) is 36.6 Å². The predicted octanol–water partition coefficient (Wildman–Crippen LogP) is 3.26. The molecule has 164 valence electrons. The van der Waals surface area contributed by atoms with Crippen LogP contribution in [0.4, 0.5) is 0 Å². The monoisotopic (exact) mass is 460 g/mol. The molecule has 0 saturated heterocycles. The van der Waals surface area contributed by atoms with E-state index in [9.17, 15) is 18.0 Å². The van der Waals surface area contributed by atoms with E-state index in [0.29, 0.717) is 4.80 Å². The van der Waals surface area contributed by atoms with Crippen molar-refractivity contribution in [1.82, 2.24) is 4.57 Å². The number of benzene rings is 2. The van der Waals surface area contributed by atoms with Crippen LogP contribution in [0.15, 0.2) is 58.4 Å². The number of hydrogen-bond donors (Lipinski definition) is 0. The molecule has 0 spiro atoms. The number of nitrogens with zero attached hydrogens (tertiary/aromatic N) is 2. The topological polar surface area (TPSA) is 94.8 Å². The highest BCUT2D eigenvalue weighted by Crippen LogP contribution is 2.19. The lowest BCUT2D eigenvalue weighted by Crippen LogP contribution is -2.23. The summed E-state index contributed by atoms with van der Waals surface area (Å²) in [7, 11) is -3.44. The van der Waals surface area contributed by atoms with E-state index in [1.807, 2.05) is 25.1 Å². The maximum Gasteiger partial charge on any atom is 0.326 e. The second kappa shape index (κ2) is 10.0. The van der Waals surface area contributed by atoms with Gasteiger partial charge in [-0.3, -0.25) is 9.59 Å². The fraction of sp³-hybridized carbons (Fsp3) is 0.318. The maximum absolute atomic E-state index is 12.5. The van der Waals surface area contributed by atoms with Crippen LogP contribution >= 0.6 is 11.3 Å². The SMILES string of the molecule is CCOC(=O)Cn1c(=NC(=O)CCCS(=O)(=O)c2ccccc2)sc2cc(C)ccc21. The first-order chi connectivity index (χ1) is 14.8. The summed E-state index contributed by atoms with van der Waals surface area (Å²) in [6, 6.07) is 13.9. The summed E-state index contributed by atoms with van der Waals surface area (Å²) in [5.74, 6) is -0.970. The van der Waals surface area contributed by atoms with E-state index >= 15 is 0 Å². The Hall–Kier alpha value is -2.78. The van der Waals surface area contributed by atoms with Gasteiger partial charge in [0.05, 0.1) is 27.5 Å². The minimum atomic E-state index is -3.44. The molecule has 3 rings (SSSR count). The summed E-state index contributed by atoms with van der Waals surface area (Å²) < 4.78 is 32.3. The highest BCUT2D eigenvalue weighted by molar-refractivity contribution is 7.91. The standard InChI is InChI=1S/C22H24N2O5S2/c1-3-29-21(26)15-24-18-12-11-16(2)14-19(18)30-22(24)23-20(25)10-7-13-31(27,28)17-8-5-4-6-9-17/h4-6,8-9,11-12,14H,3,7,10,13,15H2,1-2H3. The van der Waals surface area contributed by atoms with Crippen molar-refractivity contribution in [3.63, 3.8) is 0 Å². The molecule has 0 fully saturated rings. The third-order valence-corrected chi connectivity index (χ3v) is 7.41. The Morgan fingerprint density at radius 1 is 1.13 bits per heavy atom. The third kappa shape index (κ3) is 5.89. The number of fused-ring (bicyclic) bond motifs is 1. The number of ether oxygens (including phenoxy) is 1. The van der Waals surface area contributed by atoms with Crippen LogP contribution < -0.4 is 4.80 Å². The molecule has 1 amide bonds. The molecule has 0 aliphatic carbocycles. The molecule has 0 saturated carbocycles. The van der Waals surface area contributed by atoms with Crippen molar-refractivity contribution >= 4 is 43.3 Å². The minimum Gasteiger partial charge on any atom is -0.465 e. The molecule has 0 unspecified atom stereocenters. The lowest BCUT2D eigenvalue weighted by molar-refractivity contribution is -0.143. The van der Waals surface area contributed by atoms with Crippen LogP contribution in [0.1, 0.15) is 25.3 Å². The molecule has 0 N–H and O–H groups in total. The van der Waals surface area contributed by atoms with E-state index < -0.39 is 21.7 Å². The number of thiazole rings is 1. The normalized spacial score (nSPS) is 12.3. The lowest BCUT2D eigenvalue weighted by Gasteiger charge is -2.05. The van der Waals surface area contributed by atoms with Gasteiger partial charge in [-0.1, -0.05) is 35.6 Å². The molecule has 0 atom stereocenters. The van der Waals surface area contributed by atoms with Crippen molar-refractivity contribution in [1.29, 1.82) is 0 Å². The minimum absolute atomic E-state index is 0.00125. The maximum atomic E-state index is 12.5. The van der Waals surface area contributed by atoms with Crippen LogP contribution in [-0.2, 0) is 30.7 Å². The number of amides is 1. The first-order valence-corrected chi connectivity index (χ1v) is 12.4. The zero-order chi connectivity index (χ0) is 22.4. The highest BCUT2D eigenvalue weighted by atomic mass is 32.2. The molecule has 3 aromatic rings. The van der Waals surface area contributed by atoms with Gasteiger partial charge in [-0.05, 0) is 50.1 Å². The highest BCUT2D eigenvalue weighted by Gasteiger charge is 2.15. The average Bonchev–Trinajstić information content (AvgIpc) is 3.04. The largest absolute Gasteiger partial charge is 0.465 e. The van der Waals surface area contributed by atoms with Crippen molar-refractivity contribution in [2.45, 2.75) is 38.1 Å². The first kappa shape index (κ1) is 22.9. The zero-order valence-corrected chi connectivity index (χ0v) is 19.0. The molecule has 1 heterocycles. The Morgan fingerprint density at radius 3 is 2.58 bits per heavy atom. The molecule has 7 nitrogen and oxygen atoms in total. The number of rotatable bonds is 8. The van der Waals surface area contributed by atoms with Gasteiger partial charge < -0.3 is 9.30 Å². The molecule has 1 aromatic heterocycles. The number of aromatic nitrogens is 1.